The van der Waals surface area contributed by atoms with Gasteiger partial charge in [0.05, 0.1) is 11.0 Å². The van der Waals surface area contributed by atoms with Crippen LogP contribution in [0.25, 0.3) is 149 Å². The van der Waals surface area contributed by atoms with Crippen molar-refractivity contribution >= 4 is 82.7 Å². The number of aromatic nitrogens is 1. The molecule has 0 aliphatic heterocycles. The first kappa shape index (κ1) is 52.4. The second-order valence-electron chi connectivity index (χ2n) is 24.8. The second-order valence-corrected chi connectivity index (χ2v) is 24.8. The number of hydrogen-bond donors (Lipinski definition) is 0. The molecule has 91 heavy (non-hydrogen) atoms. The Bertz CT molecular complexity index is 5400. The predicted molar refractivity (Wildman–Crippen MR) is 380 cm³/mol. The molecule has 428 valence electrons. The van der Waals surface area contributed by atoms with Gasteiger partial charge in [-0.15, -0.1) is 0 Å². The van der Waals surface area contributed by atoms with Gasteiger partial charge in [0.25, 0.3) is 0 Å². The number of benzene rings is 14. The van der Waals surface area contributed by atoms with E-state index in [1.54, 1.807) is 0 Å². The zero-order valence-corrected chi connectivity index (χ0v) is 50.2. The van der Waals surface area contributed by atoms with Crippen molar-refractivity contribution in [2.75, 3.05) is 4.90 Å². The molecule has 4 heteroatoms. The van der Waals surface area contributed by atoms with Gasteiger partial charge < -0.3 is 18.3 Å². The Labute approximate surface area is 527 Å². The van der Waals surface area contributed by atoms with Crippen LogP contribution in [0.15, 0.2) is 324 Å². The standard InChI is InChI=1S/C87H58N2O2/c1-87(2)79-53-69(88(67-37-29-57(30-38-67)55-13-5-3-6-14-55)68-39-31-58(32-40-68)56-15-7-4-8-16-56)41-43-71(79)72-44-42-70(54-80(72)87)89-81-45-33-63(59-21-25-61(26-22-59)65-35-47-85-77(51-65)73-17-9-11-19-83(73)90-85)49-75(81)76-50-64(34-46-82(76)89)60-23-27-62(28-24-60)66-36-48-86-78(52-66)74-18-10-12-20-84(74)91-86/h3-54H,1-2H3. The number of para-hydroxylation sites is 2. The van der Waals surface area contributed by atoms with Crippen molar-refractivity contribution in [1.82, 2.24) is 4.57 Å². The molecule has 0 amide bonds. The molecule has 3 heterocycles. The second kappa shape index (κ2) is 20.7. The number of hydrogen-bond acceptors (Lipinski definition) is 3. The van der Waals surface area contributed by atoms with E-state index in [1.165, 1.54) is 66.4 Å². The molecule has 0 N–H and O–H groups in total. The SMILES string of the molecule is CC1(C)c2cc(N(c3ccc(-c4ccccc4)cc3)c3ccc(-c4ccccc4)cc3)ccc2-c2ccc(-n3c4ccc(-c5ccc(-c6ccc7oc8ccccc8c7c6)cc5)cc4c4cc(-c5ccc(-c6ccc7oc8ccccc8c7c6)cc5)ccc43)cc21. The van der Waals surface area contributed by atoms with Crippen molar-refractivity contribution in [2.24, 2.45) is 0 Å². The van der Waals surface area contributed by atoms with Crippen LogP contribution in [-0.4, -0.2) is 4.57 Å². The van der Waals surface area contributed by atoms with E-state index < -0.39 is 0 Å². The minimum atomic E-state index is -0.315. The van der Waals surface area contributed by atoms with Gasteiger partial charge in [-0.3, -0.25) is 0 Å². The van der Waals surface area contributed by atoms with Crippen molar-refractivity contribution in [3.63, 3.8) is 0 Å². The molecule has 0 radical (unpaired) electrons. The van der Waals surface area contributed by atoms with E-state index in [2.05, 4.69) is 315 Å². The summed E-state index contributed by atoms with van der Waals surface area (Å²) in [6, 6.07) is 115. The van der Waals surface area contributed by atoms with Crippen LogP contribution in [0.2, 0.25) is 0 Å². The van der Waals surface area contributed by atoms with Crippen molar-refractivity contribution in [1.29, 1.82) is 0 Å². The summed E-state index contributed by atoms with van der Waals surface area (Å²) in [5, 5.41) is 6.94. The molecule has 0 fully saturated rings. The minimum Gasteiger partial charge on any atom is -0.456 e. The summed E-state index contributed by atoms with van der Waals surface area (Å²) >= 11 is 0. The lowest BCUT2D eigenvalue weighted by Crippen LogP contribution is -2.17. The summed E-state index contributed by atoms with van der Waals surface area (Å²) in [7, 11) is 0. The first-order valence-corrected chi connectivity index (χ1v) is 31.3. The smallest absolute Gasteiger partial charge is 0.135 e. The maximum absolute atomic E-state index is 6.19. The number of furan rings is 2. The monoisotopic (exact) mass is 1160 g/mol. The fraction of sp³-hybridized carbons (Fsp3) is 0.0345. The van der Waals surface area contributed by atoms with Gasteiger partial charge in [-0.05, 0) is 198 Å². The largest absolute Gasteiger partial charge is 0.456 e. The molecule has 0 unspecified atom stereocenters. The molecule has 4 nitrogen and oxygen atoms in total. The Hall–Kier alpha value is -11.7. The lowest BCUT2D eigenvalue weighted by Gasteiger charge is -2.28. The lowest BCUT2D eigenvalue weighted by molar-refractivity contribution is 0.660. The van der Waals surface area contributed by atoms with Gasteiger partial charge in [0.2, 0.25) is 0 Å². The maximum Gasteiger partial charge on any atom is 0.135 e. The van der Waals surface area contributed by atoms with Crippen LogP contribution in [0, 0.1) is 0 Å². The highest BCUT2D eigenvalue weighted by atomic mass is 16.3. The highest BCUT2D eigenvalue weighted by molar-refractivity contribution is 6.12. The number of fused-ring (bicyclic) bond motifs is 12. The quantitative estimate of drug-likeness (QED) is 0.137. The predicted octanol–water partition coefficient (Wildman–Crippen LogP) is 24.4. The van der Waals surface area contributed by atoms with Crippen LogP contribution in [0.4, 0.5) is 17.1 Å². The Morgan fingerprint density at radius 2 is 0.582 bits per heavy atom. The Balaban J connectivity index is 0.725. The highest BCUT2D eigenvalue weighted by Gasteiger charge is 2.37. The normalized spacial score (nSPS) is 12.6. The summed E-state index contributed by atoms with van der Waals surface area (Å²) in [6.07, 6.45) is 0. The average molecular weight is 1160 g/mol. The number of rotatable bonds is 10. The Morgan fingerprint density at radius 3 is 1.04 bits per heavy atom. The third kappa shape index (κ3) is 8.74. The lowest BCUT2D eigenvalue weighted by atomic mass is 9.82. The Kier molecular flexibility index (Phi) is 11.9. The molecule has 1 aliphatic rings. The summed E-state index contributed by atoms with van der Waals surface area (Å²) in [5.41, 5.74) is 29.4. The highest BCUT2D eigenvalue weighted by Crippen LogP contribution is 2.52. The van der Waals surface area contributed by atoms with Gasteiger partial charge in [-0.2, -0.15) is 0 Å². The summed E-state index contributed by atoms with van der Waals surface area (Å²) in [5.74, 6) is 0. The molecule has 1 aliphatic carbocycles. The van der Waals surface area contributed by atoms with E-state index in [4.69, 9.17) is 8.83 Å². The molecular formula is C87H58N2O2. The van der Waals surface area contributed by atoms with E-state index >= 15 is 0 Å². The van der Waals surface area contributed by atoms with E-state index in [0.29, 0.717) is 0 Å². The van der Waals surface area contributed by atoms with Crippen LogP contribution < -0.4 is 4.90 Å². The zero-order chi connectivity index (χ0) is 60.3. The third-order valence-electron chi connectivity index (χ3n) is 19.2. The van der Waals surface area contributed by atoms with E-state index in [1.807, 2.05) is 24.3 Å². The summed E-state index contributed by atoms with van der Waals surface area (Å²) in [6.45, 7) is 4.80. The third-order valence-corrected chi connectivity index (χ3v) is 19.2. The molecule has 0 spiro atoms. The van der Waals surface area contributed by atoms with Crippen LogP contribution in [-0.2, 0) is 5.41 Å². The zero-order valence-electron chi connectivity index (χ0n) is 50.2. The summed E-state index contributed by atoms with van der Waals surface area (Å²) in [4.78, 5) is 2.41. The van der Waals surface area contributed by atoms with Crippen molar-refractivity contribution in [3.8, 4) is 83.6 Å². The fourth-order valence-corrected chi connectivity index (χ4v) is 14.5. The van der Waals surface area contributed by atoms with Crippen molar-refractivity contribution in [2.45, 2.75) is 19.3 Å². The molecule has 0 saturated carbocycles. The van der Waals surface area contributed by atoms with Gasteiger partial charge in [-0.25, -0.2) is 0 Å². The van der Waals surface area contributed by atoms with Crippen LogP contribution in [0.5, 0.6) is 0 Å². The Morgan fingerprint density at radius 1 is 0.253 bits per heavy atom. The maximum atomic E-state index is 6.19. The van der Waals surface area contributed by atoms with Crippen LogP contribution in [0.3, 0.4) is 0 Å². The van der Waals surface area contributed by atoms with Crippen LogP contribution >= 0.6 is 0 Å². The number of anilines is 3. The average Bonchev–Trinajstić information content (AvgIpc) is 1.67. The van der Waals surface area contributed by atoms with E-state index in [9.17, 15) is 0 Å². The molecule has 0 atom stereocenters. The van der Waals surface area contributed by atoms with Crippen LogP contribution in [0.1, 0.15) is 25.0 Å². The van der Waals surface area contributed by atoms with Gasteiger partial charge in [0.15, 0.2) is 0 Å². The van der Waals surface area contributed by atoms with Crippen molar-refractivity contribution < 1.29 is 8.83 Å². The fourth-order valence-electron chi connectivity index (χ4n) is 14.5. The molecule has 17 aromatic rings. The van der Waals surface area contributed by atoms with E-state index in [0.717, 1.165) is 111 Å². The molecule has 3 aromatic heterocycles. The molecule has 0 saturated heterocycles. The molecular weight excluding hydrogens is 1100 g/mol. The molecule has 0 bridgehead atoms. The van der Waals surface area contributed by atoms with Gasteiger partial charge in [-0.1, -0.05) is 220 Å². The van der Waals surface area contributed by atoms with E-state index in [-0.39, 0.29) is 5.41 Å². The first-order valence-electron chi connectivity index (χ1n) is 31.3. The minimum absolute atomic E-state index is 0.315. The van der Waals surface area contributed by atoms with Gasteiger partial charge in [0, 0.05) is 60.5 Å². The van der Waals surface area contributed by atoms with Gasteiger partial charge >= 0.3 is 0 Å². The molecule has 18 rings (SSSR count). The number of nitrogens with zero attached hydrogens (tertiary/aromatic N) is 2. The van der Waals surface area contributed by atoms with Crippen molar-refractivity contribution in [3.05, 3.63) is 327 Å². The molecule has 14 aromatic carbocycles. The van der Waals surface area contributed by atoms with Gasteiger partial charge in [0.1, 0.15) is 22.3 Å². The first-order chi connectivity index (χ1) is 44.8. The topological polar surface area (TPSA) is 34.5 Å². The summed E-state index contributed by atoms with van der Waals surface area (Å²) < 4.78 is 14.9.